The van der Waals surface area contributed by atoms with Crippen molar-refractivity contribution in [1.82, 2.24) is 24.9 Å². The number of hydrogen-bond donors (Lipinski definition) is 1. The lowest BCUT2D eigenvalue weighted by molar-refractivity contribution is 0.892. The van der Waals surface area contributed by atoms with Crippen LogP contribution < -0.4 is 5.73 Å². The molecule has 1 aliphatic rings. The Bertz CT molecular complexity index is 508. The molecule has 2 aromatic heterocycles. The smallest absolute Gasteiger partial charge is 0.223 e. The van der Waals surface area contributed by atoms with Crippen molar-refractivity contribution in [3.05, 3.63) is 24.3 Å². The third kappa shape index (κ3) is 1.69. The van der Waals surface area contributed by atoms with E-state index in [9.17, 15) is 0 Å². The molecule has 0 unspecified atom stereocenters. The first-order valence-corrected chi connectivity index (χ1v) is 5.12. The van der Waals surface area contributed by atoms with E-state index in [2.05, 4.69) is 24.9 Å². The monoisotopic (exact) mass is 214 g/mol. The van der Waals surface area contributed by atoms with Crippen LogP contribution in [0.15, 0.2) is 18.5 Å². The molecular weight excluding hydrogens is 204 g/mol. The maximum Gasteiger partial charge on any atom is 0.223 e. The van der Waals surface area contributed by atoms with Gasteiger partial charge in [0.25, 0.3) is 0 Å². The molecule has 2 heterocycles. The normalized spacial score (nSPS) is 15.0. The summed E-state index contributed by atoms with van der Waals surface area (Å²) in [5.74, 6) is 2.37. The van der Waals surface area contributed by atoms with Gasteiger partial charge in [0.2, 0.25) is 11.8 Å². The molecule has 6 nitrogen and oxygen atoms in total. The summed E-state index contributed by atoms with van der Waals surface area (Å²) in [6, 6.07) is 1.75. The highest BCUT2D eigenvalue weighted by Crippen LogP contribution is 2.38. The fraction of sp³-hybridized carbons (Fsp3) is 0.300. The molecule has 0 spiro atoms. The van der Waals surface area contributed by atoms with E-state index in [1.54, 1.807) is 18.5 Å². The third-order valence-electron chi connectivity index (χ3n) is 2.38. The SMILES string of the molecule is Nc1nc(-c2ncccn2)nc(C2CC2)n1. The van der Waals surface area contributed by atoms with Crippen LogP contribution >= 0.6 is 0 Å². The van der Waals surface area contributed by atoms with Crippen LogP contribution in [0, 0.1) is 0 Å². The Morgan fingerprint density at radius 3 is 2.44 bits per heavy atom. The first-order chi connectivity index (χ1) is 7.83. The summed E-state index contributed by atoms with van der Waals surface area (Å²) in [6.07, 6.45) is 5.55. The van der Waals surface area contributed by atoms with Gasteiger partial charge in [0.1, 0.15) is 5.82 Å². The maximum atomic E-state index is 5.64. The molecule has 2 N–H and O–H groups in total. The number of anilines is 1. The van der Waals surface area contributed by atoms with E-state index in [1.165, 1.54) is 0 Å². The molecule has 0 radical (unpaired) electrons. The Morgan fingerprint density at radius 1 is 1.00 bits per heavy atom. The van der Waals surface area contributed by atoms with Gasteiger partial charge < -0.3 is 5.73 Å². The highest BCUT2D eigenvalue weighted by Gasteiger charge is 2.27. The molecule has 16 heavy (non-hydrogen) atoms. The van der Waals surface area contributed by atoms with E-state index in [1.807, 2.05) is 0 Å². The van der Waals surface area contributed by atoms with E-state index in [-0.39, 0.29) is 5.95 Å². The van der Waals surface area contributed by atoms with Crippen molar-refractivity contribution in [2.75, 3.05) is 5.73 Å². The number of aromatic nitrogens is 5. The van der Waals surface area contributed by atoms with Gasteiger partial charge in [-0.1, -0.05) is 0 Å². The van der Waals surface area contributed by atoms with Crippen molar-refractivity contribution >= 4 is 5.95 Å². The van der Waals surface area contributed by atoms with Gasteiger partial charge in [-0.15, -0.1) is 0 Å². The van der Waals surface area contributed by atoms with E-state index >= 15 is 0 Å². The zero-order chi connectivity index (χ0) is 11.0. The van der Waals surface area contributed by atoms with Crippen LogP contribution in [0.5, 0.6) is 0 Å². The van der Waals surface area contributed by atoms with Gasteiger partial charge in [0, 0.05) is 18.3 Å². The van der Waals surface area contributed by atoms with Crippen LogP contribution in [0.3, 0.4) is 0 Å². The topological polar surface area (TPSA) is 90.5 Å². The van der Waals surface area contributed by atoms with Crippen molar-refractivity contribution in [2.24, 2.45) is 0 Å². The molecule has 80 valence electrons. The van der Waals surface area contributed by atoms with Crippen LogP contribution in [0.4, 0.5) is 5.95 Å². The molecule has 6 heteroatoms. The third-order valence-corrected chi connectivity index (χ3v) is 2.38. The molecule has 0 aliphatic heterocycles. The van der Waals surface area contributed by atoms with E-state index < -0.39 is 0 Å². The molecule has 3 rings (SSSR count). The van der Waals surface area contributed by atoms with E-state index in [4.69, 9.17) is 5.73 Å². The summed E-state index contributed by atoms with van der Waals surface area (Å²) in [6.45, 7) is 0. The molecule has 0 saturated heterocycles. The van der Waals surface area contributed by atoms with Crippen molar-refractivity contribution in [3.8, 4) is 11.6 Å². The van der Waals surface area contributed by atoms with Gasteiger partial charge in [-0.05, 0) is 18.9 Å². The highest BCUT2D eigenvalue weighted by atomic mass is 15.1. The van der Waals surface area contributed by atoms with Gasteiger partial charge >= 0.3 is 0 Å². The predicted molar refractivity (Wildman–Crippen MR) is 57.2 cm³/mol. The minimum Gasteiger partial charge on any atom is -0.368 e. The Hall–Kier alpha value is -2.11. The number of nitrogen functional groups attached to an aromatic ring is 1. The summed E-state index contributed by atoms with van der Waals surface area (Å²) >= 11 is 0. The van der Waals surface area contributed by atoms with Crippen LogP contribution in [-0.4, -0.2) is 24.9 Å². The predicted octanol–water partition coefficient (Wildman–Crippen LogP) is 0.788. The summed E-state index contributed by atoms with van der Waals surface area (Å²) in [7, 11) is 0. The Morgan fingerprint density at radius 2 is 1.75 bits per heavy atom. The second-order valence-corrected chi connectivity index (χ2v) is 3.72. The van der Waals surface area contributed by atoms with Crippen molar-refractivity contribution in [1.29, 1.82) is 0 Å². The van der Waals surface area contributed by atoms with Gasteiger partial charge in [-0.3, -0.25) is 0 Å². The number of nitrogens with two attached hydrogens (primary N) is 1. The second-order valence-electron chi connectivity index (χ2n) is 3.72. The first-order valence-electron chi connectivity index (χ1n) is 5.12. The summed E-state index contributed by atoms with van der Waals surface area (Å²) in [5, 5.41) is 0. The number of nitrogens with zero attached hydrogens (tertiary/aromatic N) is 5. The Balaban J connectivity index is 2.06. The fourth-order valence-corrected chi connectivity index (χ4v) is 1.45. The molecule has 1 aliphatic carbocycles. The summed E-state index contributed by atoms with van der Waals surface area (Å²) in [5.41, 5.74) is 5.64. The first kappa shape index (κ1) is 9.14. The van der Waals surface area contributed by atoms with Gasteiger partial charge in [-0.25, -0.2) is 15.0 Å². The standard InChI is InChI=1S/C10H10N6/c11-10-15-7(6-2-3-6)14-9(16-10)8-12-4-1-5-13-8/h1,4-6H,2-3H2,(H2,11,14,15,16). The van der Waals surface area contributed by atoms with Crippen molar-refractivity contribution in [3.63, 3.8) is 0 Å². The zero-order valence-electron chi connectivity index (χ0n) is 8.54. The van der Waals surface area contributed by atoms with Crippen molar-refractivity contribution < 1.29 is 0 Å². The zero-order valence-corrected chi connectivity index (χ0v) is 8.54. The summed E-state index contributed by atoms with van der Waals surface area (Å²) < 4.78 is 0. The lowest BCUT2D eigenvalue weighted by Crippen LogP contribution is -2.05. The quantitative estimate of drug-likeness (QED) is 0.794. The molecule has 0 amide bonds. The van der Waals surface area contributed by atoms with Crippen molar-refractivity contribution in [2.45, 2.75) is 18.8 Å². The van der Waals surface area contributed by atoms with Gasteiger partial charge in [-0.2, -0.15) is 9.97 Å². The second kappa shape index (κ2) is 3.48. The highest BCUT2D eigenvalue weighted by molar-refractivity contribution is 5.44. The number of rotatable bonds is 2. The van der Waals surface area contributed by atoms with Crippen LogP contribution in [-0.2, 0) is 0 Å². The minimum absolute atomic E-state index is 0.236. The van der Waals surface area contributed by atoms with Gasteiger partial charge in [0.05, 0.1) is 0 Å². The van der Waals surface area contributed by atoms with E-state index in [0.29, 0.717) is 17.6 Å². The fourth-order valence-electron chi connectivity index (χ4n) is 1.45. The largest absolute Gasteiger partial charge is 0.368 e. The molecule has 0 aromatic carbocycles. The molecular formula is C10H10N6. The maximum absolute atomic E-state index is 5.64. The molecule has 1 saturated carbocycles. The average molecular weight is 214 g/mol. The van der Waals surface area contributed by atoms with Crippen LogP contribution in [0.25, 0.3) is 11.6 Å². The number of hydrogen-bond acceptors (Lipinski definition) is 6. The molecule has 1 fully saturated rings. The lowest BCUT2D eigenvalue weighted by atomic mass is 10.4. The average Bonchev–Trinajstić information content (AvgIpc) is 3.13. The summed E-state index contributed by atoms with van der Waals surface area (Å²) in [4.78, 5) is 20.7. The Kier molecular flexibility index (Phi) is 1.99. The van der Waals surface area contributed by atoms with Crippen LogP contribution in [0.2, 0.25) is 0 Å². The van der Waals surface area contributed by atoms with Gasteiger partial charge in [0.15, 0.2) is 5.82 Å². The molecule has 0 atom stereocenters. The lowest BCUT2D eigenvalue weighted by Gasteiger charge is -2.02. The molecule has 2 aromatic rings. The minimum atomic E-state index is 0.236. The van der Waals surface area contributed by atoms with E-state index in [0.717, 1.165) is 18.7 Å². The van der Waals surface area contributed by atoms with Crippen LogP contribution in [0.1, 0.15) is 24.6 Å². The Labute approximate surface area is 92.0 Å². The molecule has 0 bridgehead atoms.